The fraction of sp³-hybridized carbons (Fsp3) is 0.464. The molecule has 3 amide bonds. The lowest BCUT2D eigenvalue weighted by Gasteiger charge is -2.35. The van der Waals surface area contributed by atoms with Gasteiger partial charge in [-0.2, -0.15) is 0 Å². The molecule has 0 radical (unpaired) electrons. The van der Waals surface area contributed by atoms with Gasteiger partial charge >= 0.3 is 6.09 Å². The van der Waals surface area contributed by atoms with Gasteiger partial charge in [0.1, 0.15) is 23.4 Å². The number of carbonyl (C=O) groups is 3. The third kappa shape index (κ3) is 8.21. The number of ether oxygens (including phenoxy) is 1. The number of amides is 3. The van der Waals surface area contributed by atoms with Crippen molar-refractivity contribution >= 4 is 23.6 Å². The fourth-order valence-electron chi connectivity index (χ4n) is 3.93. The number of nitrogens with zero attached hydrogens (tertiary/aromatic N) is 1. The fourth-order valence-corrected chi connectivity index (χ4v) is 3.93. The molecule has 0 fully saturated rings. The Kier molecular flexibility index (Phi) is 10.1. The van der Waals surface area contributed by atoms with Crippen molar-refractivity contribution in [3.63, 3.8) is 0 Å². The van der Waals surface area contributed by atoms with Crippen molar-refractivity contribution in [3.05, 3.63) is 59.2 Å². The number of alkyl carbamates (subject to hydrolysis) is 1. The zero-order valence-electron chi connectivity index (χ0n) is 22.7. The number of aliphatic hydroxyl groups excluding tert-OH is 1. The van der Waals surface area contributed by atoms with Crippen LogP contribution >= 0.6 is 0 Å². The number of para-hydroxylation sites is 1. The number of hydrogen-bond donors (Lipinski definition) is 4. The van der Waals surface area contributed by atoms with Crippen LogP contribution in [-0.2, 0) is 14.3 Å². The van der Waals surface area contributed by atoms with Crippen LogP contribution < -0.4 is 10.6 Å². The van der Waals surface area contributed by atoms with Gasteiger partial charge in [0.2, 0.25) is 5.91 Å². The van der Waals surface area contributed by atoms with Gasteiger partial charge in [-0.3, -0.25) is 9.59 Å². The highest BCUT2D eigenvalue weighted by molar-refractivity contribution is 6.00. The summed E-state index contributed by atoms with van der Waals surface area (Å²) in [6, 6.07) is 9.40. The molecule has 2 atom stereocenters. The molecule has 37 heavy (non-hydrogen) atoms. The minimum Gasteiger partial charge on any atom is -0.508 e. The molecule has 9 heteroatoms. The monoisotopic (exact) mass is 513 g/mol. The van der Waals surface area contributed by atoms with Gasteiger partial charge in [0.25, 0.3) is 5.91 Å². The summed E-state index contributed by atoms with van der Waals surface area (Å²) in [7, 11) is 0. The topological polar surface area (TPSA) is 128 Å². The minimum atomic E-state index is -1.15. The average molecular weight is 514 g/mol. The minimum absolute atomic E-state index is 0.00402. The molecule has 0 aromatic heterocycles. The SMILES string of the molecule is Cc1cccc(C)c1NC(=O)C(c1ccc(O)cc1)N(CCO)C(=O)C(NC(=O)OC(C)(C)C)C(C)C. The van der Waals surface area contributed by atoms with Crippen LogP contribution in [-0.4, -0.2) is 57.8 Å². The summed E-state index contributed by atoms with van der Waals surface area (Å²) in [5.41, 5.74) is 2.00. The summed E-state index contributed by atoms with van der Waals surface area (Å²) < 4.78 is 5.34. The molecular weight excluding hydrogens is 474 g/mol. The molecule has 2 aromatic carbocycles. The van der Waals surface area contributed by atoms with Gasteiger partial charge < -0.3 is 30.5 Å². The first kappa shape index (κ1) is 29.6. The molecule has 0 heterocycles. The van der Waals surface area contributed by atoms with Gasteiger partial charge in [0.15, 0.2) is 0 Å². The van der Waals surface area contributed by atoms with E-state index in [4.69, 9.17) is 4.74 Å². The maximum atomic E-state index is 13.9. The summed E-state index contributed by atoms with van der Waals surface area (Å²) >= 11 is 0. The van der Waals surface area contributed by atoms with Crippen LogP contribution in [0.5, 0.6) is 5.75 Å². The lowest BCUT2D eigenvalue weighted by Crippen LogP contribution is -2.55. The van der Waals surface area contributed by atoms with Gasteiger partial charge in [0, 0.05) is 12.2 Å². The molecule has 202 valence electrons. The highest BCUT2D eigenvalue weighted by Crippen LogP contribution is 2.28. The molecule has 9 nitrogen and oxygen atoms in total. The Morgan fingerprint density at radius 2 is 1.57 bits per heavy atom. The quantitative estimate of drug-likeness (QED) is 0.400. The first-order valence-corrected chi connectivity index (χ1v) is 12.3. The van der Waals surface area contributed by atoms with E-state index in [9.17, 15) is 24.6 Å². The maximum absolute atomic E-state index is 13.9. The Morgan fingerprint density at radius 1 is 1.00 bits per heavy atom. The maximum Gasteiger partial charge on any atom is 0.408 e. The number of phenols is 1. The molecular formula is C28H39N3O6. The van der Waals surface area contributed by atoms with Gasteiger partial charge in [0.05, 0.1) is 6.61 Å². The number of rotatable bonds is 9. The van der Waals surface area contributed by atoms with Crippen LogP contribution in [0.2, 0.25) is 0 Å². The Hall–Kier alpha value is -3.59. The molecule has 2 unspecified atom stereocenters. The van der Waals surface area contributed by atoms with Crippen LogP contribution in [0.3, 0.4) is 0 Å². The number of nitrogens with one attached hydrogen (secondary N) is 2. The number of benzene rings is 2. The number of carbonyl (C=O) groups excluding carboxylic acids is 3. The molecule has 0 saturated carbocycles. The first-order chi connectivity index (χ1) is 17.2. The predicted octanol–water partition coefficient (Wildman–Crippen LogP) is 4.06. The number of hydrogen-bond acceptors (Lipinski definition) is 6. The third-order valence-electron chi connectivity index (χ3n) is 5.73. The predicted molar refractivity (Wildman–Crippen MR) is 142 cm³/mol. The second-order valence-corrected chi connectivity index (χ2v) is 10.4. The number of anilines is 1. The second-order valence-electron chi connectivity index (χ2n) is 10.4. The lowest BCUT2D eigenvalue weighted by molar-refractivity contribution is -0.142. The molecule has 0 aliphatic carbocycles. The second kappa shape index (κ2) is 12.6. The van der Waals surface area contributed by atoms with Crippen molar-refractivity contribution < 1.29 is 29.3 Å². The molecule has 0 spiro atoms. The highest BCUT2D eigenvalue weighted by atomic mass is 16.6. The van der Waals surface area contributed by atoms with Crippen LogP contribution in [0.4, 0.5) is 10.5 Å². The molecule has 2 rings (SSSR count). The van der Waals surface area contributed by atoms with Crippen molar-refractivity contribution in [2.24, 2.45) is 5.92 Å². The number of aryl methyl sites for hydroxylation is 2. The molecule has 2 aromatic rings. The van der Waals surface area contributed by atoms with E-state index in [1.54, 1.807) is 46.8 Å². The molecule has 4 N–H and O–H groups in total. The van der Waals surface area contributed by atoms with Crippen LogP contribution in [0.15, 0.2) is 42.5 Å². The van der Waals surface area contributed by atoms with Gasteiger partial charge in [-0.25, -0.2) is 4.79 Å². The summed E-state index contributed by atoms with van der Waals surface area (Å²) in [4.78, 5) is 41.4. The summed E-state index contributed by atoms with van der Waals surface area (Å²) in [5, 5.41) is 25.2. The Bertz CT molecular complexity index is 1070. The van der Waals surface area contributed by atoms with Gasteiger partial charge in [-0.1, -0.05) is 44.2 Å². The number of phenolic OH excluding ortho intramolecular Hbond substituents is 1. The van der Waals surface area contributed by atoms with E-state index >= 15 is 0 Å². The van der Waals surface area contributed by atoms with Gasteiger partial charge in [-0.15, -0.1) is 0 Å². The van der Waals surface area contributed by atoms with E-state index in [2.05, 4.69) is 10.6 Å². The number of aromatic hydroxyl groups is 1. The van der Waals surface area contributed by atoms with Crippen molar-refractivity contribution in [2.45, 2.75) is 66.2 Å². The molecule has 0 bridgehead atoms. The lowest BCUT2D eigenvalue weighted by atomic mass is 9.98. The summed E-state index contributed by atoms with van der Waals surface area (Å²) in [5.74, 6) is -1.39. The van der Waals surface area contributed by atoms with E-state index in [1.807, 2.05) is 32.0 Å². The Morgan fingerprint density at radius 3 is 2.05 bits per heavy atom. The normalized spacial score (nSPS) is 13.0. The van der Waals surface area contributed by atoms with E-state index < -0.39 is 42.2 Å². The van der Waals surface area contributed by atoms with E-state index in [0.717, 1.165) is 11.1 Å². The van der Waals surface area contributed by atoms with E-state index in [1.165, 1.54) is 17.0 Å². The number of aliphatic hydroxyl groups is 1. The van der Waals surface area contributed by atoms with E-state index in [0.29, 0.717) is 11.3 Å². The zero-order valence-corrected chi connectivity index (χ0v) is 22.7. The van der Waals surface area contributed by atoms with Crippen molar-refractivity contribution in [3.8, 4) is 5.75 Å². The molecule has 0 saturated heterocycles. The molecule has 0 aliphatic heterocycles. The van der Waals surface area contributed by atoms with Crippen LogP contribution in [0.25, 0.3) is 0 Å². The largest absolute Gasteiger partial charge is 0.508 e. The smallest absolute Gasteiger partial charge is 0.408 e. The van der Waals surface area contributed by atoms with Crippen LogP contribution in [0.1, 0.15) is 57.4 Å². The van der Waals surface area contributed by atoms with Crippen molar-refractivity contribution in [2.75, 3.05) is 18.5 Å². The zero-order chi connectivity index (χ0) is 27.9. The first-order valence-electron chi connectivity index (χ1n) is 12.3. The summed E-state index contributed by atoms with van der Waals surface area (Å²) in [6.07, 6.45) is -0.760. The Labute approximate surface area is 218 Å². The average Bonchev–Trinajstić information content (AvgIpc) is 2.79. The van der Waals surface area contributed by atoms with Gasteiger partial charge in [-0.05, 0) is 69.4 Å². The molecule has 0 aliphatic rings. The Balaban J connectivity index is 2.51. The van der Waals surface area contributed by atoms with Crippen LogP contribution in [0, 0.1) is 19.8 Å². The van der Waals surface area contributed by atoms with E-state index in [-0.39, 0.29) is 18.2 Å². The highest BCUT2D eigenvalue weighted by Gasteiger charge is 2.37. The third-order valence-corrected chi connectivity index (χ3v) is 5.73. The van der Waals surface area contributed by atoms with Crippen molar-refractivity contribution in [1.82, 2.24) is 10.2 Å². The summed E-state index contributed by atoms with van der Waals surface area (Å²) in [6.45, 7) is 11.9. The standard InChI is InChI=1S/C28H39N3O6/c1-17(2)22(30-27(36)37-28(5,6)7)26(35)31(15-16-32)24(20-11-13-21(33)14-12-20)25(34)29-23-18(3)9-8-10-19(23)4/h8-14,17,22,24,32-33H,15-16H2,1-7H3,(H,29,34)(H,30,36). The van der Waals surface area contributed by atoms with Crippen molar-refractivity contribution in [1.29, 1.82) is 0 Å².